The van der Waals surface area contributed by atoms with Crippen molar-refractivity contribution in [2.75, 3.05) is 0 Å². The van der Waals surface area contributed by atoms with Gasteiger partial charge in [0.25, 0.3) is 0 Å². The molecule has 3 rings (SSSR count). The Morgan fingerprint density at radius 3 is 2.12 bits per heavy atom. The van der Waals surface area contributed by atoms with Crippen LogP contribution in [0.2, 0.25) is 0 Å². The van der Waals surface area contributed by atoms with Gasteiger partial charge < -0.3 is 0 Å². The molecule has 0 unspecified atom stereocenters. The molecule has 2 heteroatoms. The Kier molecular flexibility index (Phi) is 5.39. The lowest BCUT2D eigenvalue weighted by Crippen LogP contribution is -2.07. The molecule has 130 valence electrons. The molecule has 25 heavy (non-hydrogen) atoms. The van der Waals surface area contributed by atoms with E-state index < -0.39 is 5.67 Å². The first-order valence-corrected chi connectivity index (χ1v) is 9.74. The summed E-state index contributed by atoms with van der Waals surface area (Å²) in [6, 6.07) is 21.1. The molecular formula is C23H25FS. The van der Waals surface area contributed by atoms with E-state index in [2.05, 4.69) is 49.4 Å². The van der Waals surface area contributed by atoms with Crippen molar-refractivity contribution in [3.8, 4) is 11.1 Å². The summed E-state index contributed by atoms with van der Waals surface area (Å²) in [4.78, 5) is 2.08. The van der Waals surface area contributed by atoms with Gasteiger partial charge in [-0.15, -0.1) is 11.3 Å². The van der Waals surface area contributed by atoms with Crippen molar-refractivity contribution < 1.29 is 4.39 Å². The van der Waals surface area contributed by atoms with Gasteiger partial charge in [-0.25, -0.2) is 4.39 Å². The normalized spacial score (nSPS) is 11.7. The highest BCUT2D eigenvalue weighted by Crippen LogP contribution is 2.40. The second kappa shape index (κ2) is 7.53. The third-order valence-electron chi connectivity index (χ3n) is 4.50. The summed E-state index contributed by atoms with van der Waals surface area (Å²) in [5.74, 6) is 0. The van der Waals surface area contributed by atoms with Gasteiger partial charge in [0.1, 0.15) is 5.67 Å². The molecule has 0 radical (unpaired) electrons. The standard InChI is InChI=1S/C23H25FS/c1-4-17-10-12-18(13-11-17)14-15-20-16-21(19-8-6-5-7-9-19)22(25-20)23(2,3)24/h5-13,16H,4,14-15H2,1-3H3. The van der Waals surface area contributed by atoms with E-state index in [-0.39, 0.29) is 0 Å². The van der Waals surface area contributed by atoms with Crippen LogP contribution in [-0.4, -0.2) is 0 Å². The first kappa shape index (κ1) is 17.9. The summed E-state index contributed by atoms with van der Waals surface area (Å²) >= 11 is 1.61. The van der Waals surface area contributed by atoms with Crippen LogP contribution in [0, 0.1) is 0 Å². The van der Waals surface area contributed by atoms with Crippen LogP contribution in [0.25, 0.3) is 11.1 Å². The largest absolute Gasteiger partial charge is 0.238 e. The summed E-state index contributed by atoms with van der Waals surface area (Å²) in [7, 11) is 0. The first-order valence-electron chi connectivity index (χ1n) is 8.92. The number of halogens is 1. The van der Waals surface area contributed by atoms with Crippen LogP contribution >= 0.6 is 11.3 Å². The third kappa shape index (κ3) is 4.38. The van der Waals surface area contributed by atoms with E-state index in [1.807, 2.05) is 18.2 Å². The predicted octanol–water partition coefficient (Wildman–Crippen LogP) is 6.97. The molecule has 0 bridgehead atoms. The lowest BCUT2D eigenvalue weighted by Gasteiger charge is -2.14. The van der Waals surface area contributed by atoms with Crippen LogP contribution in [0.4, 0.5) is 4.39 Å². The summed E-state index contributed by atoms with van der Waals surface area (Å²) in [6.07, 6.45) is 3.01. The number of hydrogen-bond acceptors (Lipinski definition) is 1. The minimum Gasteiger partial charge on any atom is -0.238 e. The van der Waals surface area contributed by atoms with Gasteiger partial charge >= 0.3 is 0 Å². The molecule has 0 spiro atoms. The van der Waals surface area contributed by atoms with E-state index >= 15 is 0 Å². The molecule has 0 N–H and O–H groups in total. The van der Waals surface area contributed by atoms with Crippen LogP contribution in [0.3, 0.4) is 0 Å². The minimum absolute atomic E-state index is 0.829. The Morgan fingerprint density at radius 1 is 0.880 bits per heavy atom. The maximum Gasteiger partial charge on any atom is 0.140 e. The van der Waals surface area contributed by atoms with Gasteiger partial charge in [0.2, 0.25) is 0 Å². The average Bonchev–Trinajstić information content (AvgIpc) is 3.06. The highest BCUT2D eigenvalue weighted by molar-refractivity contribution is 7.12. The lowest BCUT2D eigenvalue weighted by atomic mass is 9.98. The third-order valence-corrected chi connectivity index (χ3v) is 5.99. The van der Waals surface area contributed by atoms with E-state index in [9.17, 15) is 4.39 Å². The SMILES string of the molecule is CCc1ccc(CCc2cc(-c3ccccc3)c(C(C)(C)F)s2)cc1. The van der Waals surface area contributed by atoms with E-state index in [4.69, 9.17) is 0 Å². The maximum atomic E-state index is 14.7. The van der Waals surface area contributed by atoms with Crippen molar-refractivity contribution in [2.24, 2.45) is 0 Å². The van der Waals surface area contributed by atoms with Crippen molar-refractivity contribution in [1.29, 1.82) is 0 Å². The number of rotatable bonds is 6. The fourth-order valence-electron chi connectivity index (χ4n) is 3.05. The zero-order valence-corrected chi connectivity index (χ0v) is 16.0. The van der Waals surface area contributed by atoms with Crippen LogP contribution in [0.5, 0.6) is 0 Å². The van der Waals surface area contributed by atoms with Gasteiger partial charge in [0.15, 0.2) is 0 Å². The molecule has 0 amide bonds. The lowest BCUT2D eigenvalue weighted by molar-refractivity contribution is 0.228. The molecule has 0 fully saturated rings. The van der Waals surface area contributed by atoms with Crippen molar-refractivity contribution in [3.05, 3.63) is 81.5 Å². The van der Waals surface area contributed by atoms with Crippen LogP contribution < -0.4 is 0 Å². The average molecular weight is 353 g/mol. The molecule has 0 atom stereocenters. The second-order valence-electron chi connectivity index (χ2n) is 6.96. The number of aryl methyl sites for hydroxylation is 3. The summed E-state index contributed by atoms with van der Waals surface area (Å²) in [5.41, 5.74) is 3.52. The van der Waals surface area contributed by atoms with E-state index in [1.54, 1.807) is 25.2 Å². The van der Waals surface area contributed by atoms with Crippen LogP contribution in [0.1, 0.15) is 41.7 Å². The molecule has 0 aliphatic rings. The fraction of sp³-hybridized carbons (Fsp3) is 0.304. The quantitative estimate of drug-likeness (QED) is 0.449. The van der Waals surface area contributed by atoms with E-state index in [1.165, 1.54) is 16.0 Å². The molecule has 0 aliphatic heterocycles. The van der Waals surface area contributed by atoms with Gasteiger partial charge in [0.05, 0.1) is 0 Å². The first-order chi connectivity index (χ1) is 12.0. The Hall–Kier alpha value is -1.93. The van der Waals surface area contributed by atoms with E-state index in [0.717, 1.165) is 35.3 Å². The number of hydrogen-bond donors (Lipinski definition) is 0. The Morgan fingerprint density at radius 2 is 1.52 bits per heavy atom. The molecule has 0 saturated carbocycles. The molecule has 1 heterocycles. The van der Waals surface area contributed by atoms with Crippen molar-refractivity contribution in [3.63, 3.8) is 0 Å². The predicted molar refractivity (Wildman–Crippen MR) is 107 cm³/mol. The highest BCUT2D eigenvalue weighted by Gasteiger charge is 2.26. The molecule has 3 aromatic rings. The van der Waals surface area contributed by atoms with Crippen molar-refractivity contribution >= 4 is 11.3 Å². The molecular weight excluding hydrogens is 327 g/mol. The molecule has 0 saturated heterocycles. The molecule has 0 nitrogen and oxygen atoms in total. The zero-order valence-electron chi connectivity index (χ0n) is 15.2. The maximum absolute atomic E-state index is 14.7. The second-order valence-corrected chi connectivity index (χ2v) is 8.10. The summed E-state index contributed by atoms with van der Waals surface area (Å²) in [6.45, 7) is 5.48. The van der Waals surface area contributed by atoms with Crippen LogP contribution in [0.15, 0.2) is 60.7 Å². The molecule has 2 aromatic carbocycles. The Balaban J connectivity index is 1.83. The topological polar surface area (TPSA) is 0 Å². The number of benzene rings is 2. The molecule has 0 aliphatic carbocycles. The minimum atomic E-state index is -1.32. The Labute approximate surface area is 154 Å². The summed E-state index contributed by atoms with van der Waals surface area (Å²) in [5, 5.41) is 0. The van der Waals surface area contributed by atoms with Gasteiger partial charge in [-0.05, 0) is 61.4 Å². The van der Waals surface area contributed by atoms with E-state index in [0.29, 0.717) is 0 Å². The number of thiophene rings is 1. The smallest absolute Gasteiger partial charge is 0.140 e. The van der Waals surface area contributed by atoms with Gasteiger partial charge in [-0.3, -0.25) is 0 Å². The Bertz CT molecular complexity index is 808. The number of alkyl halides is 1. The monoisotopic (exact) mass is 352 g/mol. The van der Waals surface area contributed by atoms with Crippen molar-refractivity contribution in [2.45, 2.75) is 45.7 Å². The van der Waals surface area contributed by atoms with Gasteiger partial charge in [-0.2, -0.15) is 0 Å². The fourth-order valence-corrected chi connectivity index (χ4v) is 4.22. The zero-order chi connectivity index (χ0) is 17.9. The molecule has 1 aromatic heterocycles. The highest BCUT2D eigenvalue weighted by atomic mass is 32.1. The van der Waals surface area contributed by atoms with Gasteiger partial charge in [0, 0.05) is 9.75 Å². The summed E-state index contributed by atoms with van der Waals surface area (Å²) < 4.78 is 14.7. The van der Waals surface area contributed by atoms with Crippen LogP contribution in [-0.2, 0) is 24.9 Å². The van der Waals surface area contributed by atoms with Gasteiger partial charge in [-0.1, -0.05) is 61.5 Å². The van der Waals surface area contributed by atoms with Crippen molar-refractivity contribution in [1.82, 2.24) is 0 Å².